The number of para-hydroxylation sites is 1. The Bertz CT molecular complexity index is 1360. The molecule has 1 N–H and O–H groups in total. The SMILES string of the molecule is CC[C@H](C(=O)NC(C)C)N(CCc1ccccc1)C(=O)CN(c1ccccc1F)S(=O)(=O)c1ccc(C)cc1. The molecule has 0 aliphatic carbocycles. The van der Waals surface area contributed by atoms with Crippen molar-refractivity contribution in [2.75, 3.05) is 17.4 Å². The van der Waals surface area contributed by atoms with Crippen molar-refractivity contribution >= 4 is 27.5 Å². The number of aryl methyl sites for hydroxylation is 1. The molecule has 0 aromatic heterocycles. The monoisotopic (exact) mass is 553 g/mol. The van der Waals surface area contributed by atoms with Crippen LogP contribution in [0.4, 0.5) is 10.1 Å². The summed E-state index contributed by atoms with van der Waals surface area (Å²) in [5, 5.41) is 2.86. The van der Waals surface area contributed by atoms with E-state index in [1.165, 1.54) is 35.2 Å². The van der Waals surface area contributed by atoms with Crippen molar-refractivity contribution in [2.24, 2.45) is 0 Å². The van der Waals surface area contributed by atoms with Crippen LogP contribution in [0.3, 0.4) is 0 Å². The zero-order valence-electron chi connectivity index (χ0n) is 22.8. The molecule has 208 valence electrons. The molecule has 7 nitrogen and oxygen atoms in total. The lowest BCUT2D eigenvalue weighted by Crippen LogP contribution is -2.54. The van der Waals surface area contributed by atoms with Crippen LogP contribution in [0.15, 0.2) is 83.8 Å². The fourth-order valence-corrected chi connectivity index (χ4v) is 5.70. The summed E-state index contributed by atoms with van der Waals surface area (Å²) in [7, 11) is -4.32. The molecule has 0 aliphatic heterocycles. The molecular weight excluding hydrogens is 517 g/mol. The van der Waals surface area contributed by atoms with Crippen LogP contribution in [-0.2, 0) is 26.0 Å². The van der Waals surface area contributed by atoms with Gasteiger partial charge in [0.1, 0.15) is 18.4 Å². The second-order valence-corrected chi connectivity index (χ2v) is 11.5. The highest BCUT2D eigenvalue weighted by Crippen LogP contribution is 2.27. The van der Waals surface area contributed by atoms with E-state index < -0.39 is 34.3 Å². The summed E-state index contributed by atoms with van der Waals surface area (Å²) in [6.07, 6.45) is 0.784. The lowest BCUT2D eigenvalue weighted by molar-refractivity contribution is -0.139. The molecule has 0 spiro atoms. The number of hydrogen-bond acceptors (Lipinski definition) is 4. The third-order valence-electron chi connectivity index (χ3n) is 6.31. The minimum atomic E-state index is -4.32. The van der Waals surface area contributed by atoms with Crippen LogP contribution < -0.4 is 9.62 Å². The van der Waals surface area contributed by atoms with Crippen LogP contribution in [0, 0.1) is 12.7 Å². The zero-order valence-corrected chi connectivity index (χ0v) is 23.6. The van der Waals surface area contributed by atoms with Crippen molar-refractivity contribution in [3.63, 3.8) is 0 Å². The first-order valence-corrected chi connectivity index (χ1v) is 14.5. The maximum absolute atomic E-state index is 15.0. The quantitative estimate of drug-likeness (QED) is 0.352. The van der Waals surface area contributed by atoms with Crippen molar-refractivity contribution in [1.29, 1.82) is 0 Å². The van der Waals surface area contributed by atoms with E-state index >= 15 is 0 Å². The van der Waals surface area contributed by atoms with Crippen molar-refractivity contribution in [2.45, 2.75) is 57.5 Å². The second kappa shape index (κ2) is 13.4. The number of rotatable bonds is 12. The van der Waals surface area contributed by atoms with Crippen molar-refractivity contribution < 1.29 is 22.4 Å². The number of carbonyl (C=O) groups is 2. The first-order valence-electron chi connectivity index (χ1n) is 13.0. The molecule has 3 aromatic carbocycles. The molecule has 0 aliphatic rings. The van der Waals surface area contributed by atoms with Gasteiger partial charge in [-0.1, -0.05) is 67.1 Å². The van der Waals surface area contributed by atoms with Gasteiger partial charge in [-0.25, -0.2) is 12.8 Å². The van der Waals surface area contributed by atoms with E-state index in [0.29, 0.717) is 12.8 Å². The largest absolute Gasteiger partial charge is 0.352 e. The lowest BCUT2D eigenvalue weighted by Gasteiger charge is -2.33. The van der Waals surface area contributed by atoms with Gasteiger partial charge in [0, 0.05) is 12.6 Å². The number of anilines is 1. The average Bonchev–Trinajstić information content (AvgIpc) is 2.90. The van der Waals surface area contributed by atoms with E-state index in [-0.39, 0.29) is 29.1 Å². The molecule has 1 atom stereocenters. The molecular formula is C30H36FN3O4S. The number of nitrogens with one attached hydrogen (secondary N) is 1. The third kappa shape index (κ3) is 7.66. The highest BCUT2D eigenvalue weighted by molar-refractivity contribution is 7.92. The highest BCUT2D eigenvalue weighted by Gasteiger charge is 2.34. The molecule has 0 heterocycles. The van der Waals surface area contributed by atoms with Crippen LogP contribution in [0.1, 0.15) is 38.3 Å². The van der Waals surface area contributed by atoms with E-state index in [4.69, 9.17) is 0 Å². The molecule has 9 heteroatoms. The molecule has 0 unspecified atom stereocenters. The van der Waals surface area contributed by atoms with E-state index in [0.717, 1.165) is 21.5 Å². The Balaban J connectivity index is 2.02. The molecule has 3 aromatic rings. The van der Waals surface area contributed by atoms with Gasteiger partial charge in [-0.2, -0.15) is 0 Å². The first kappa shape index (κ1) is 29.8. The summed E-state index contributed by atoms with van der Waals surface area (Å²) in [4.78, 5) is 28.3. The minimum absolute atomic E-state index is 0.0652. The predicted octanol–water partition coefficient (Wildman–Crippen LogP) is 4.70. The van der Waals surface area contributed by atoms with Gasteiger partial charge in [-0.05, 0) is 63.4 Å². The molecule has 3 rings (SSSR count). The lowest BCUT2D eigenvalue weighted by atomic mass is 10.1. The van der Waals surface area contributed by atoms with Gasteiger partial charge in [0.2, 0.25) is 11.8 Å². The Hall–Kier alpha value is -3.72. The highest BCUT2D eigenvalue weighted by atomic mass is 32.2. The molecule has 0 saturated carbocycles. The minimum Gasteiger partial charge on any atom is -0.352 e. The van der Waals surface area contributed by atoms with Crippen molar-refractivity contribution in [3.8, 4) is 0 Å². The Morgan fingerprint density at radius 1 is 0.923 bits per heavy atom. The van der Waals surface area contributed by atoms with Gasteiger partial charge in [0.25, 0.3) is 10.0 Å². The third-order valence-corrected chi connectivity index (χ3v) is 8.08. The maximum Gasteiger partial charge on any atom is 0.264 e. The standard InChI is InChI=1S/C30H36FN3O4S/c1-5-27(30(36)32-22(2)3)33(20-19-24-11-7-6-8-12-24)29(35)21-34(28-14-10-9-13-26(28)31)39(37,38)25-17-15-23(4)16-18-25/h6-18,22,27H,5,19-21H2,1-4H3,(H,32,36)/t27-/m1/s1. The Morgan fingerprint density at radius 2 is 1.54 bits per heavy atom. The summed E-state index contributed by atoms with van der Waals surface area (Å²) < 4.78 is 43.3. The van der Waals surface area contributed by atoms with Crippen LogP contribution >= 0.6 is 0 Å². The zero-order chi connectivity index (χ0) is 28.6. The van der Waals surface area contributed by atoms with Gasteiger partial charge in [0.15, 0.2) is 0 Å². The predicted molar refractivity (Wildman–Crippen MR) is 151 cm³/mol. The Kier molecular flexibility index (Phi) is 10.2. The fourth-order valence-electron chi connectivity index (χ4n) is 4.28. The van der Waals surface area contributed by atoms with Crippen LogP contribution in [0.5, 0.6) is 0 Å². The number of benzene rings is 3. The Morgan fingerprint density at radius 3 is 2.13 bits per heavy atom. The van der Waals surface area contributed by atoms with Crippen LogP contribution in [-0.4, -0.2) is 50.3 Å². The molecule has 39 heavy (non-hydrogen) atoms. The van der Waals surface area contributed by atoms with Gasteiger partial charge in [-0.3, -0.25) is 13.9 Å². The number of sulfonamides is 1. The summed E-state index contributed by atoms with van der Waals surface area (Å²) >= 11 is 0. The first-order chi connectivity index (χ1) is 18.5. The number of nitrogens with zero attached hydrogens (tertiary/aromatic N) is 2. The van der Waals surface area contributed by atoms with Crippen LogP contribution in [0.2, 0.25) is 0 Å². The number of amides is 2. The fraction of sp³-hybridized carbons (Fsp3) is 0.333. The van der Waals surface area contributed by atoms with E-state index in [2.05, 4.69) is 5.32 Å². The number of hydrogen-bond donors (Lipinski definition) is 1. The molecule has 0 radical (unpaired) electrons. The van der Waals surface area contributed by atoms with Gasteiger partial charge in [-0.15, -0.1) is 0 Å². The number of carbonyl (C=O) groups excluding carboxylic acids is 2. The van der Waals surface area contributed by atoms with Crippen molar-refractivity contribution in [3.05, 3.63) is 95.8 Å². The molecule has 0 fully saturated rings. The Labute approximate surface area is 230 Å². The molecule has 2 amide bonds. The van der Waals surface area contributed by atoms with E-state index in [1.54, 1.807) is 19.1 Å². The summed E-state index contributed by atoms with van der Waals surface area (Å²) in [5.74, 6) is -1.70. The second-order valence-electron chi connectivity index (χ2n) is 9.69. The van der Waals surface area contributed by atoms with Crippen LogP contribution in [0.25, 0.3) is 0 Å². The molecule has 0 saturated heterocycles. The smallest absolute Gasteiger partial charge is 0.264 e. The van der Waals surface area contributed by atoms with E-state index in [1.807, 2.05) is 51.1 Å². The molecule has 0 bridgehead atoms. The van der Waals surface area contributed by atoms with Gasteiger partial charge < -0.3 is 10.2 Å². The normalized spacial score (nSPS) is 12.2. The van der Waals surface area contributed by atoms with Gasteiger partial charge in [0.05, 0.1) is 10.6 Å². The average molecular weight is 554 g/mol. The topological polar surface area (TPSA) is 86.8 Å². The maximum atomic E-state index is 15.0. The summed E-state index contributed by atoms with van der Waals surface area (Å²) in [5.41, 5.74) is 1.58. The van der Waals surface area contributed by atoms with E-state index in [9.17, 15) is 22.4 Å². The number of halogens is 1. The summed E-state index contributed by atoms with van der Waals surface area (Å²) in [6.45, 7) is 6.79. The van der Waals surface area contributed by atoms with Gasteiger partial charge >= 0.3 is 0 Å². The summed E-state index contributed by atoms with van der Waals surface area (Å²) in [6, 6.07) is 20.1. The van der Waals surface area contributed by atoms with Crippen molar-refractivity contribution in [1.82, 2.24) is 10.2 Å².